The van der Waals surface area contributed by atoms with Crippen LogP contribution in [0.1, 0.15) is 63.2 Å². The molecule has 2 aliphatic heterocycles. The third kappa shape index (κ3) is 4.55. The molecule has 180 valence electrons. The molecule has 5 rings (SSSR count). The smallest absolute Gasteiger partial charge is 0.243 e. The van der Waals surface area contributed by atoms with Gasteiger partial charge in [-0.25, -0.2) is 13.4 Å². The normalized spacial score (nSPS) is 23.5. The minimum atomic E-state index is -3.62. The van der Waals surface area contributed by atoms with Crippen LogP contribution in [0.5, 0.6) is 0 Å². The maximum Gasteiger partial charge on any atom is 0.243 e. The van der Waals surface area contributed by atoms with Gasteiger partial charge in [-0.2, -0.15) is 4.31 Å². The van der Waals surface area contributed by atoms with Crippen LogP contribution >= 0.6 is 0 Å². The van der Waals surface area contributed by atoms with E-state index in [2.05, 4.69) is 14.9 Å². The number of benzene rings is 1. The summed E-state index contributed by atoms with van der Waals surface area (Å²) in [6, 6.07) is 5.79. The third-order valence-corrected chi connectivity index (χ3v) is 9.41. The van der Waals surface area contributed by atoms with Crippen molar-refractivity contribution in [3.8, 4) is 0 Å². The van der Waals surface area contributed by atoms with Gasteiger partial charge in [0.25, 0.3) is 0 Å². The Labute approximate surface area is 195 Å². The quantitative estimate of drug-likeness (QED) is 0.694. The van der Waals surface area contributed by atoms with Crippen molar-refractivity contribution >= 4 is 27.0 Å². The summed E-state index contributed by atoms with van der Waals surface area (Å²) >= 11 is 0. The van der Waals surface area contributed by atoms with Crippen LogP contribution in [-0.2, 0) is 19.6 Å². The third-order valence-electron chi connectivity index (χ3n) is 7.52. The van der Waals surface area contributed by atoms with Crippen LogP contribution in [0, 0.1) is 12.8 Å². The molecule has 1 aliphatic carbocycles. The number of hydrogen-bond donors (Lipinski definition) is 1. The van der Waals surface area contributed by atoms with Gasteiger partial charge < -0.3 is 14.6 Å². The number of sulfonamides is 1. The van der Waals surface area contributed by atoms with Crippen LogP contribution in [-0.4, -0.2) is 60.5 Å². The lowest BCUT2D eigenvalue weighted by molar-refractivity contribution is -0.126. The second-order valence-corrected chi connectivity index (χ2v) is 11.6. The number of carbonyl (C=O) groups is 1. The van der Waals surface area contributed by atoms with Gasteiger partial charge in [0.05, 0.1) is 22.0 Å². The fourth-order valence-corrected chi connectivity index (χ4v) is 7.14. The topological polar surface area (TPSA) is 93.5 Å². The van der Waals surface area contributed by atoms with E-state index in [0.717, 1.165) is 49.1 Å². The van der Waals surface area contributed by atoms with Crippen LogP contribution in [0.15, 0.2) is 23.1 Å². The van der Waals surface area contributed by atoms with E-state index < -0.39 is 10.0 Å². The Bertz CT molecular complexity index is 1110. The summed E-state index contributed by atoms with van der Waals surface area (Å²) in [5.41, 5.74) is 1.75. The highest BCUT2D eigenvalue weighted by Crippen LogP contribution is 2.34. The summed E-state index contributed by atoms with van der Waals surface area (Å²) in [6.07, 6.45) is 8.00. The van der Waals surface area contributed by atoms with Gasteiger partial charge in [-0.05, 0) is 63.6 Å². The number of imidazole rings is 1. The molecular formula is C24H34N4O4S. The summed E-state index contributed by atoms with van der Waals surface area (Å²) in [4.78, 5) is 17.5. The summed E-state index contributed by atoms with van der Waals surface area (Å²) in [5, 5.41) is 2.99. The highest BCUT2D eigenvalue weighted by atomic mass is 32.2. The van der Waals surface area contributed by atoms with E-state index in [1.807, 2.05) is 13.0 Å². The number of amides is 1. The van der Waals surface area contributed by atoms with E-state index >= 15 is 0 Å². The van der Waals surface area contributed by atoms with Crippen molar-refractivity contribution in [3.63, 3.8) is 0 Å². The minimum absolute atomic E-state index is 0.0110. The van der Waals surface area contributed by atoms with Crippen molar-refractivity contribution in [2.75, 3.05) is 26.2 Å². The van der Waals surface area contributed by atoms with Gasteiger partial charge in [-0.3, -0.25) is 4.79 Å². The van der Waals surface area contributed by atoms with Gasteiger partial charge in [0.15, 0.2) is 0 Å². The van der Waals surface area contributed by atoms with Gasteiger partial charge in [-0.15, -0.1) is 0 Å². The zero-order valence-corrected chi connectivity index (χ0v) is 20.1. The predicted molar refractivity (Wildman–Crippen MR) is 125 cm³/mol. The van der Waals surface area contributed by atoms with Crippen molar-refractivity contribution < 1.29 is 17.9 Å². The fourth-order valence-electron chi connectivity index (χ4n) is 5.65. The maximum absolute atomic E-state index is 13.3. The summed E-state index contributed by atoms with van der Waals surface area (Å²) in [5.74, 6) is 0.809. The predicted octanol–water partition coefficient (Wildman–Crippen LogP) is 3.16. The number of nitrogens with one attached hydrogen (secondary N) is 1. The van der Waals surface area contributed by atoms with Crippen molar-refractivity contribution in [1.82, 2.24) is 19.2 Å². The molecule has 2 aromatic rings. The molecule has 1 atom stereocenters. The standard InChI is InChI=1S/C24H34N4O4S/c1-17-26-22-15-21(8-9-23(22)28(17)19-5-2-3-6-19)33(30,31)27-12-10-18(11-13-27)24(29)25-16-20-7-4-14-32-20/h8-9,15,18-20H,2-7,10-14,16H2,1H3,(H,25,29)/t20-/m1/s1. The SMILES string of the molecule is Cc1nc2cc(S(=O)(=O)N3CCC(C(=O)NC[C@H]4CCCO4)CC3)ccc2n1C1CCCC1. The average molecular weight is 475 g/mol. The van der Waals surface area contributed by atoms with Crippen molar-refractivity contribution in [1.29, 1.82) is 0 Å². The zero-order chi connectivity index (χ0) is 23.0. The first kappa shape index (κ1) is 22.8. The molecule has 1 amide bonds. The number of aromatic nitrogens is 2. The second kappa shape index (κ2) is 9.35. The molecule has 1 N–H and O–H groups in total. The van der Waals surface area contributed by atoms with Gasteiger partial charge >= 0.3 is 0 Å². The lowest BCUT2D eigenvalue weighted by Crippen LogP contribution is -2.44. The average Bonchev–Trinajstić information content (AvgIpc) is 3.57. The summed E-state index contributed by atoms with van der Waals surface area (Å²) < 4.78 is 36.0. The van der Waals surface area contributed by atoms with E-state index in [1.54, 1.807) is 12.1 Å². The molecule has 33 heavy (non-hydrogen) atoms. The number of rotatable bonds is 6. The number of ether oxygens (including phenoxy) is 1. The summed E-state index contributed by atoms with van der Waals surface area (Å²) in [6.45, 7) is 4.02. The number of carbonyl (C=O) groups excluding carboxylic acids is 1. The number of nitrogens with zero attached hydrogens (tertiary/aromatic N) is 3. The Kier molecular flexibility index (Phi) is 6.46. The van der Waals surface area contributed by atoms with Crippen molar-refractivity contribution in [2.45, 2.75) is 75.3 Å². The first-order valence-electron chi connectivity index (χ1n) is 12.3. The summed E-state index contributed by atoms with van der Waals surface area (Å²) in [7, 11) is -3.62. The highest BCUT2D eigenvalue weighted by molar-refractivity contribution is 7.89. The molecule has 0 radical (unpaired) electrons. The molecule has 1 saturated carbocycles. The van der Waals surface area contributed by atoms with Crippen LogP contribution in [0.3, 0.4) is 0 Å². The van der Waals surface area contributed by atoms with Gasteiger partial charge in [-0.1, -0.05) is 12.8 Å². The molecule has 8 nitrogen and oxygen atoms in total. The van der Waals surface area contributed by atoms with E-state index in [0.29, 0.717) is 38.5 Å². The largest absolute Gasteiger partial charge is 0.376 e. The molecule has 1 aromatic carbocycles. The molecule has 9 heteroatoms. The Balaban J connectivity index is 1.24. The van der Waals surface area contributed by atoms with Crippen LogP contribution < -0.4 is 5.32 Å². The van der Waals surface area contributed by atoms with E-state index in [9.17, 15) is 13.2 Å². The van der Waals surface area contributed by atoms with Crippen LogP contribution in [0.4, 0.5) is 0 Å². The van der Waals surface area contributed by atoms with Crippen molar-refractivity contribution in [3.05, 3.63) is 24.0 Å². The Morgan fingerprint density at radius 1 is 1.12 bits per heavy atom. The molecule has 0 unspecified atom stereocenters. The molecule has 2 saturated heterocycles. The monoisotopic (exact) mass is 474 g/mol. The molecule has 1 aromatic heterocycles. The van der Waals surface area contributed by atoms with Gasteiger partial charge in [0, 0.05) is 38.2 Å². The Morgan fingerprint density at radius 2 is 1.88 bits per heavy atom. The van der Waals surface area contributed by atoms with E-state index in [4.69, 9.17) is 4.74 Å². The molecule has 0 bridgehead atoms. The molecular weight excluding hydrogens is 440 g/mol. The van der Waals surface area contributed by atoms with Crippen LogP contribution in [0.2, 0.25) is 0 Å². The Morgan fingerprint density at radius 3 is 2.58 bits per heavy atom. The number of fused-ring (bicyclic) bond motifs is 1. The minimum Gasteiger partial charge on any atom is -0.376 e. The maximum atomic E-state index is 13.3. The van der Waals surface area contributed by atoms with Gasteiger partial charge in [0.2, 0.25) is 15.9 Å². The fraction of sp³-hybridized carbons (Fsp3) is 0.667. The lowest BCUT2D eigenvalue weighted by atomic mass is 9.97. The molecule has 3 heterocycles. The first-order chi connectivity index (χ1) is 15.9. The molecule has 0 spiro atoms. The van der Waals surface area contributed by atoms with E-state index in [-0.39, 0.29) is 22.8 Å². The first-order valence-corrected chi connectivity index (χ1v) is 13.8. The van der Waals surface area contributed by atoms with Crippen LogP contribution in [0.25, 0.3) is 11.0 Å². The van der Waals surface area contributed by atoms with E-state index in [1.165, 1.54) is 17.1 Å². The zero-order valence-electron chi connectivity index (χ0n) is 19.3. The molecule has 3 aliphatic rings. The van der Waals surface area contributed by atoms with Gasteiger partial charge in [0.1, 0.15) is 5.82 Å². The lowest BCUT2D eigenvalue weighted by Gasteiger charge is -2.30. The molecule has 3 fully saturated rings. The van der Waals surface area contributed by atoms with Crippen molar-refractivity contribution in [2.24, 2.45) is 5.92 Å². The number of aryl methyl sites for hydroxylation is 1. The second-order valence-electron chi connectivity index (χ2n) is 9.68. The number of hydrogen-bond acceptors (Lipinski definition) is 5. The Hall–Kier alpha value is -1.97. The number of piperidine rings is 1. The highest BCUT2D eigenvalue weighted by Gasteiger charge is 2.33.